The van der Waals surface area contributed by atoms with Crippen LogP contribution in [0.3, 0.4) is 0 Å². The van der Waals surface area contributed by atoms with E-state index in [9.17, 15) is 0 Å². The first-order valence-corrected chi connectivity index (χ1v) is 22.6. The van der Waals surface area contributed by atoms with Crippen LogP contribution >= 0.6 is 22.7 Å². The lowest BCUT2D eigenvalue weighted by Gasteiger charge is -2.45. The van der Waals surface area contributed by atoms with Crippen molar-refractivity contribution in [3.05, 3.63) is 235 Å². The first kappa shape index (κ1) is 35.3. The SMILES string of the molecule is c1ccc(N2c3ccccc3C3(c4ccccc4-c4ccc(-c5ccc(-c6cc(-c7nc8ccccc8s7)cc(-c7nc8ccccc8s7)c6)cc5)cc43)c3ccccc32)cc1. The highest BCUT2D eigenvalue weighted by Gasteiger charge is 2.51. The summed E-state index contributed by atoms with van der Waals surface area (Å²) in [5.41, 5.74) is 19.8. The van der Waals surface area contributed by atoms with Crippen LogP contribution in [0, 0.1) is 0 Å². The molecule has 5 heteroatoms. The van der Waals surface area contributed by atoms with Crippen molar-refractivity contribution < 1.29 is 0 Å². The van der Waals surface area contributed by atoms with E-state index < -0.39 is 5.41 Å². The second-order valence-electron chi connectivity index (χ2n) is 16.1. The van der Waals surface area contributed by atoms with Gasteiger partial charge in [0.2, 0.25) is 0 Å². The summed E-state index contributed by atoms with van der Waals surface area (Å²) < 4.78 is 2.37. The van der Waals surface area contributed by atoms with E-state index in [0.717, 1.165) is 49.0 Å². The Labute approximate surface area is 367 Å². The smallest absolute Gasteiger partial charge is 0.124 e. The first-order chi connectivity index (χ1) is 30.7. The zero-order valence-corrected chi connectivity index (χ0v) is 35.0. The van der Waals surface area contributed by atoms with Crippen LogP contribution in [0.4, 0.5) is 17.1 Å². The van der Waals surface area contributed by atoms with Gasteiger partial charge in [-0.1, -0.05) is 140 Å². The van der Waals surface area contributed by atoms with Crippen LogP contribution in [0.2, 0.25) is 0 Å². The standard InChI is InChI=1S/C57H35N3S2/c1-2-14-42(15-3-1)60-51-22-10-6-18-46(51)57(47-19-7-11-23-52(47)60)45-17-5-4-16-43(45)44-31-30-38(35-48(44)57)36-26-28-37(29-27-36)39-32-40(55-58-49-20-8-12-24-53(49)61-55)34-41(33-39)56-59-50-21-9-13-25-54(50)62-56/h1-35H. The molecule has 0 N–H and O–H groups in total. The molecule has 2 aliphatic rings. The third kappa shape index (κ3) is 5.29. The number of thiazole rings is 2. The predicted molar refractivity (Wildman–Crippen MR) is 260 cm³/mol. The van der Waals surface area contributed by atoms with Gasteiger partial charge in [-0.2, -0.15) is 0 Å². The van der Waals surface area contributed by atoms with Crippen LogP contribution in [0.25, 0.3) is 75.0 Å². The Kier molecular flexibility index (Phi) is 7.86. The lowest BCUT2D eigenvalue weighted by molar-refractivity contribution is 0.753. The predicted octanol–water partition coefficient (Wildman–Crippen LogP) is 15.7. The molecule has 62 heavy (non-hydrogen) atoms. The molecule has 0 bridgehead atoms. The second kappa shape index (κ2) is 13.8. The fourth-order valence-corrected chi connectivity index (χ4v) is 11.9. The monoisotopic (exact) mass is 825 g/mol. The van der Waals surface area contributed by atoms with Crippen molar-refractivity contribution in [1.29, 1.82) is 0 Å². The van der Waals surface area contributed by atoms with Gasteiger partial charge in [0.15, 0.2) is 0 Å². The van der Waals surface area contributed by atoms with Gasteiger partial charge in [-0.05, 0) is 128 Å². The highest BCUT2D eigenvalue weighted by atomic mass is 32.1. The molecule has 1 aliphatic heterocycles. The number of fused-ring (bicyclic) bond motifs is 11. The molecule has 1 spiro atoms. The lowest BCUT2D eigenvalue weighted by atomic mass is 9.64. The molecule has 0 fully saturated rings. The minimum absolute atomic E-state index is 0.502. The van der Waals surface area contributed by atoms with Crippen molar-refractivity contribution in [2.24, 2.45) is 0 Å². The average Bonchev–Trinajstić information content (AvgIpc) is 4.06. The highest BCUT2D eigenvalue weighted by Crippen LogP contribution is 2.63. The molecular weight excluding hydrogens is 791 g/mol. The number of anilines is 3. The summed E-state index contributed by atoms with van der Waals surface area (Å²) in [5.74, 6) is 0. The molecule has 0 saturated heterocycles. The molecule has 0 amide bonds. The Bertz CT molecular complexity index is 3340. The fourth-order valence-electron chi connectivity index (χ4n) is 10.0. The Morgan fingerprint density at radius 2 is 0.806 bits per heavy atom. The Balaban J connectivity index is 0.952. The largest absolute Gasteiger partial charge is 0.310 e. The Morgan fingerprint density at radius 3 is 1.42 bits per heavy atom. The maximum absolute atomic E-state index is 5.08. The maximum atomic E-state index is 5.08. The van der Waals surface area contributed by atoms with E-state index in [2.05, 4.69) is 217 Å². The van der Waals surface area contributed by atoms with Crippen molar-refractivity contribution in [2.45, 2.75) is 5.41 Å². The van der Waals surface area contributed by atoms with Gasteiger partial charge in [-0.25, -0.2) is 9.97 Å². The summed E-state index contributed by atoms with van der Waals surface area (Å²) in [7, 11) is 0. The summed E-state index contributed by atoms with van der Waals surface area (Å²) in [5, 5.41) is 2.02. The number of aromatic nitrogens is 2. The second-order valence-corrected chi connectivity index (χ2v) is 18.2. The molecule has 9 aromatic carbocycles. The molecule has 290 valence electrons. The molecule has 0 saturated carbocycles. The van der Waals surface area contributed by atoms with E-state index >= 15 is 0 Å². The number of para-hydroxylation sites is 5. The van der Waals surface area contributed by atoms with Crippen LogP contribution in [0.1, 0.15) is 22.3 Å². The highest BCUT2D eigenvalue weighted by molar-refractivity contribution is 7.22. The first-order valence-electron chi connectivity index (χ1n) is 21.0. The third-order valence-corrected chi connectivity index (χ3v) is 14.9. The number of rotatable bonds is 5. The van der Waals surface area contributed by atoms with E-state index in [-0.39, 0.29) is 0 Å². The summed E-state index contributed by atoms with van der Waals surface area (Å²) >= 11 is 3.47. The van der Waals surface area contributed by atoms with Gasteiger partial charge in [0.1, 0.15) is 10.0 Å². The van der Waals surface area contributed by atoms with E-state index in [0.29, 0.717) is 0 Å². The van der Waals surface area contributed by atoms with Crippen molar-refractivity contribution in [1.82, 2.24) is 9.97 Å². The molecule has 3 nitrogen and oxygen atoms in total. The van der Waals surface area contributed by atoms with E-state index in [1.165, 1.54) is 65.3 Å². The average molecular weight is 826 g/mol. The molecule has 0 radical (unpaired) electrons. The number of hydrogen-bond donors (Lipinski definition) is 0. The van der Waals surface area contributed by atoms with Crippen molar-refractivity contribution >= 4 is 60.2 Å². The summed E-state index contributed by atoms with van der Waals surface area (Å²) in [6, 6.07) is 77.7. The number of benzene rings is 9. The maximum Gasteiger partial charge on any atom is 0.124 e. The van der Waals surface area contributed by atoms with Gasteiger partial charge >= 0.3 is 0 Å². The van der Waals surface area contributed by atoms with E-state index in [1.54, 1.807) is 22.7 Å². The Hall–Kier alpha value is -7.44. The fraction of sp³-hybridized carbons (Fsp3) is 0.0175. The molecule has 13 rings (SSSR count). The third-order valence-electron chi connectivity index (χ3n) is 12.7. The summed E-state index contributed by atoms with van der Waals surface area (Å²) in [6.45, 7) is 0. The van der Waals surface area contributed by atoms with Crippen molar-refractivity contribution in [3.63, 3.8) is 0 Å². The van der Waals surface area contributed by atoms with Crippen LogP contribution in [-0.2, 0) is 5.41 Å². The Morgan fingerprint density at radius 1 is 0.339 bits per heavy atom. The van der Waals surface area contributed by atoms with Gasteiger partial charge in [0.05, 0.1) is 37.2 Å². The number of hydrogen-bond acceptors (Lipinski definition) is 5. The zero-order valence-electron chi connectivity index (χ0n) is 33.4. The molecule has 0 atom stereocenters. The summed E-state index contributed by atoms with van der Waals surface area (Å²) in [6.07, 6.45) is 0. The van der Waals surface area contributed by atoms with Crippen molar-refractivity contribution in [3.8, 4) is 54.5 Å². The van der Waals surface area contributed by atoms with Crippen LogP contribution in [0.15, 0.2) is 212 Å². The molecular formula is C57H35N3S2. The topological polar surface area (TPSA) is 29.0 Å². The number of nitrogens with zero attached hydrogens (tertiary/aromatic N) is 3. The quantitative estimate of drug-likeness (QED) is 0.173. The zero-order chi connectivity index (χ0) is 40.8. The molecule has 2 aromatic heterocycles. The van der Waals surface area contributed by atoms with E-state index in [1.807, 2.05) is 0 Å². The van der Waals surface area contributed by atoms with Gasteiger partial charge in [0.25, 0.3) is 0 Å². The minimum atomic E-state index is -0.502. The lowest BCUT2D eigenvalue weighted by Crippen LogP contribution is -2.36. The van der Waals surface area contributed by atoms with Crippen LogP contribution in [-0.4, -0.2) is 9.97 Å². The normalized spacial score (nSPS) is 13.3. The molecule has 3 heterocycles. The minimum Gasteiger partial charge on any atom is -0.310 e. The van der Waals surface area contributed by atoms with Crippen molar-refractivity contribution in [2.75, 3.05) is 4.90 Å². The molecule has 11 aromatic rings. The molecule has 1 aliphatic carbocycles. The molecule has 0 unspecified atom stereocenters. The van der Waals surface area contributed by atoms with Gasteiger partial charge in [0, 0.05) is 16.8 Å². The van der Waals surface area contributed by atoms with Crippen LogP contribution in [0.5, 0.6) is 0 Å². The van der Waals surface area contributed by atoms with Crippen LogP contribution < -0.4 is 4.90 Å². The van der Waals surface area contributed by atoms with Gasteiger partial charge in [-0.3, -0.25) is 0 Å². The van der Waals surface area contributed by atoms with Gasteiger partial charge in [-0.15, -0.1) is 22.7 Å². The van der Waals surface area contributed by atoms with Gasteiger partial charge < -0.3 is 4.90 Å². The summed E-state index contributed by atoms with van der Waals surface area (Å²) in [4.78, 5) is 12.6. The van der Waals surface area contributed by atoms with E-state index in [4.69, 9.17) is 9.97 Å².